The predicted octanol–water partition coefficient (Wildman–Crippen LogP) is 3.69. The number of carboxylic acids is 1. The fourth-order valence-electron chi connectivity index (χ4n) is 2.31. The molecule has 7 heteroatoms. The van der Waals surface area contributed by atoms with Gasteiger partial charge in [0.25, 0.3) is 5.56 Å². The number of aromatic carboxylic acids is 1. The van der Waals surface area contributed by atoms with Gasteiger partial charge in [0.2, 0.25) is 0 Å². The van der Waals surface area contributed by atoms with E-state index in [2.05, 4.69) is 26.0 Å². The number of nitrogens with zero attached hydrogens (tertiary/aromatic N) is 2. The van der Waals surface area contributed by atoms with Crippen LogP contribution in [0.4, 0.5) is 5.69 Å². The maximum Gasteiger partial charge on any atom is 0.335 e. The zero-order chi connectivity index (χ0) is 18.0. The molecule has 2 N–H and O–H groups in total. The van der Waals surface area contributed by atoms with Gasteiger partial charge in [-0.15, -0.1) is 0 Å². The average Bonchev–Trinajstić information content (AvgIpc) is 2.88. The second kappa shape index (κ2) is 6.90. The molecule has 25 heavy (non-hydrogen) atoms. The van der Waals surface area contributed by atoms with Crippen molar-refractivity contribution in [3.8, 4) is 5.69 Å². The molecule has 6 nitrogen and oxygen atoms in total. The maximum absolute atomic E-state index is 12.6. The van der Waals surface area contributed by atoms with Gasteiger partial charge in [0.15, 0.2) is 0 Å². The molecule has 0 atom stereocenters. The first-order valence-corrected chi connectivity index (χ1v) is 8.20. The molecule has 1 heterocycles. The maximum atomic E-state index is 12.6. The van der Waals surface area contributed by atoms with Crippen LogP contribution < -0.4 is 5.56 Å². The van der Waals surface area contributed by atoms with Crippen molar-refractivity contribution in [1.82, 2.24) is 9.78 Å². The average molecular weight is 400 g/mol. The molecule has 0 unspecified atom stereocenters. The number of aliphatic imine (C=N–C) groups is 1. The SMILES string of the molecule is Cc1[nH]n(-c2ccc(Br)cc2)c(=O)c1C=Nc1ccc(C(=O)O)cc1. The number of aromatic amines is 1. The minimum Gasteiger partial charge on any atom is -0.478 e. The number of nitrogens with one attached hydrogen (secondary N) is 1. The normalized spacial score (nSPS) is 11.1. The zero-order valence-electron chi connectivity index (χ0n) is 13.2. The molecule has 3 aromatic rings. The molecule has 0 aliphatic rings. The molecule has 0 saturated carbocycles. The number of H-pyrrole nitrogens is 1. The highest BCUT2D eigenvalue weighted by atomic mass is 79.9. The summed E-state index contributed by atoms with van der Waals surface area (Å²) in [4.78, 5) is 27.7. The van der Waals surface area contributed by atoms with Crippen molar-refractivity contribution in [2.24, 2.45) is 4.99 Å². The molecule has 0 amide bonds. The monoisotopic (exact) mass is 399 g/mol. The number of aryl methyl sites for hydroxylation is 1. The summed E-state index contributed by atoms with van der Waals surface area (Å²) < 4.78 is 2.38. The summed E-state index contributed by atoms with van der Waals surface area (Å²) in [6.45, 7) is 1.80. The number of benzene rings is 2. The molecule has 3 rings (SSSR count). The number of rotatable bonds is 4. The van der Waals surface area contributed by atoms with Gasteiger partial charge in [-0.25, -0.2) is 9.48 Å². The van der Waals surface area contributed by atoms with Crippen LogP contribution in [0, 0.1) is 6.92 Å². The van der Waals surface area contributed by atoms with Crippen molar-refractivity contribution in [2.75, 3.05) is 0 Å². The number of carbonyl (C=O) groups is 1. The lowest BCUT2D eigenvalue weighted by molar-refractivity contribution is 0.0697. The molecule has 0 spiro atoms. The lowest BCUT2D eigenvalue weighted by Crippen LogP contribution is -2.17. The summed E-state index contributed by atoms with van der Waals surface area (Å²) in [7, 11) is 0. The Morgan fingerprint density at radius 2 is 1.80 bits per heavy atom. The van der Waals surface area contributed by atoms with Crippen LogP contribution in [0.1, 0.15) is 21.6 Å². The quantitative estimate of drug-likeness (QED) is 0.655. The minimum absolute atomic E-state index is 0.189. The second-order valence-corrected chi connectivity index (χ2v) is 6.29. The van der Waals surface area contributed by atoms with Crippen LogP contribution in [0.2, 0.25) is 0 Å². The van der Waals surface area contributed by atoms with Crippen LogP contribution in [0.5, 0.6) is 0 Å². The Bertz CT molecular complexity index is 1000. The smallest absolute Gasteiger partial charge is 0.335 e. The third kappa shape index (κ3) is 3.61. The van der Waals surface area contributed by atoms with Crippen molar-refractivity contribution in [2.45, 2.75) is 6.92 Å². The van der Waals surface area contributed by atoms with E-state index in [1.54, 1.807) is 19.1 Å². The predicted molar refractivity (Wildman–Crippen MR) is 99.5 cm³/mol. The topological polar surface area (TPSA) is 87.5 Å². The van der Waals surface area contributed by atoms with Crippen LogP contribution in [-0.4, -0.2) is 27.1 Å². The van der Waals surface area contributed by atoms with Crippen molar-refractivity contribution >= 4 is 33.8 Å². The van der Waals surface area contributed by atoms with Gasteiger partial charge in [0.1, 0.15) is 0 Å². The minimum atomic E-state index is -0.991. The van der Waals surface area contributed by atoms with Gasteiger partial charge in [-0.3, -0.25) is 14.9 Å². The Balaban J connectivity index is 1.91. The molecule has 0 radical (unpaired) electrons. The van der Waals surface area contributed by atoms with Gasteiger partial charge in [0, 0.05) is 16.4 Å². The van der Waals surface area contributed by atoms with Gasteiger partial charge in [-0.05, 0) is 55.5 Å². The number of aromatic nitrogens is 2. The molecular weight excluding hydrogens is 386 g/mol. The standard InChI is InChI=1S/C18H14BrN3O3/c1-11-16(10-20-14-6-2-12(3-7-14)18(24)25)17(23)22(21-11)15-8-4-13(19)5-9-15/h2-10,21H,1H3,(H,24,25). The molecule has 126 valence electrons. The first-order chi connectivity index (χ1) is 12.0. The van der Waals surface area contributed by atoms with E-state index in [4.69, 9.17) is 5.11 Å². The van der Waals surface area contributed by atoms with Crippen LogP contribution in [0.25, 0.3) is 5.69 Å². The first kappa shape index (κ1) is 16.9. The van der Waals surface area contributed by atoms with Gasteiger partial charge < -0.3 is 5.11 Å². The van der Waals surface area contributed by atoms with Gasteiger partial charge in [-0.2, -0.15) is 0 Å². The summed E-state index contributed by atoms with van der Waals surface area (Å²) >= 11 is 3.37. The largest absolute Gasteiger partial charge is 0.478 e. The molecule has 1 aromatic heterocycles. The van der Waals surface area contributed by atoms with Gasteiger partial charge in [0.05, 0.1) is 22.5 Å². The van der Waals surface area contributed by atoms with E-state index in [1.165, 1.54) is 23.0 Å². The van der Waals surface area contributed by atoms with E-state index < -0.39 is 5.97 Å². The highest BCUT2D eigenvalue weighted by Gasteiger charge is 2.10. The van der Waals surface area contributed by atoms with Crippen LogP contribution in [0.3, 0.4) is 0 Å². The van der Waals surface area contributed by atoms with E-state index in [0.717, 1.165) is 10.2 Å². The van der Waals surface area contributed by atoms with Crippen LogP contribution >= 0.6 is 15.9 Å². The summed E-state index contributed by atoms with van der Waals surface area (Å²) in [6, 6.07) is 13.5. The number of carboxylic acid groups (broad SMARTS) is 1. The number of hydrogen-bond donors (Lipinski definition) is 2. The molecule has 0 aliphatic carbocycles. The number of hydrogen-bond acceptors (Lipinski definition) is 3. The summed E-state index contributed by atoms with van der Waals surface area (Å²) in [5.41, 5.74) is 2.42. The molecule has 0 aliphatic heterocycles. The fraction of sp³-hybridized carbons (Fsp3) is 0.0556. The zero-order valence-corrected chi connectivity index (χ0v) is 14.8. The highest BCUT2D eigenvalue weighted by Crippen LogP contribution is 2.15. The Kier molecular flexibility index (Phi) is 4.67. The van der Waals surface area contributed by atoms with Crippen LogP contribution in [-0.2, 0) is 0 Å². The van der Waals surface area contributed by atoms with Crippen LogP contribution in [0.15, 0.2) is 62.8 Å². The summed E-state index contributed by atoms with van der Waals surface area (Å²) in [6.07, 6.45) is 1.49. The van der Waals surface area contributed by atoms with Crippen molar-refractivity contribution in [1.29, 1.82) is 0 Å². The van der Waals surface area contributed by atoms with Gasteiger partial charge >= 0.3 is 5.97 Å². The Hall–Kier alpha value is -2.93. The Morgan fingerprint density at radius 1 is 1.16 bits per heavy atom. The van der Waals surface area contributed by atoms with Gasteiger partial charge in [-0.1, -0.05) is 15.9 Å². The third-order valence-corrected chi connectivity index (χ3v) is 4.19. The Labute approximate surface area is 151 Å². The highest BCUT2D eigenvalue weighted by molar-refractivity contribution is 9.10. The van der Waals surface area contributed by atoms with E-state index in [9.17, 15) is 9.59 Å². The third-order valence-electron chi connectivity index (χ3n) is 3.66. The lowest BCUT2D eigenvalue weighted by atomic mass is 10.2. The summed E-state index contributed by atoms with van der Waals surface area (Å²) in [5.74, 6) is -0.991. The van der Waals surface area contributed by atoms with E-state index in [0.29, 0.717) is 16.9 Å². The second-order valence-electron chi connectivity index (χ2n) is 5.38. The molecular formula is C18H14BrN3O3. The van der Waals surface area contributed by atoms with Crippen molar-refractivity contribution in [3.05, 3.63) is 80.2 Å². The molecule has 2 aromatic carbocycles. The lowest BCUT2D eigenvalue weighted by Gasteiger charge is -2.00. The molecule has 0 saturated heterocycles. The number of halogens is 1. The molecule has 0 bridgehead atoms. The van der Waals surface area contributed by atoms with E-state index >= 15 is 0 Å². The van der Waals surface area contributed by atoms with Crippen molar-refractivity contribution < 1.29 is 9.90 Å². The first-order valence-electron chi connectivity index (χ1n) is 7.40. The van der Waals surface area contributed by atoms with E-state index in [-0.39, 0.29) is 11.1 Å². The van der Waals surface area contributed by atoms with Crippen molar-refractivity contribution in [3.63, 3.8) is 0 Å². The fourth-order valence-corrected chi connectivity index (χ4v) is 2.58. The summed E-state index contributed by atoms with van der Waals surface area (Å²) in [5, 5.41) is 11.9. The molecule has 0 fully saturated rings. The Morgan fingerprint density at radius 3 is 2.40 bits per heavy atom. The van der Waals surface area contributed by atoms with E-state index in [1.807, 2.05) is 24.3 Å².